The molecule has 19 heavy (non-hydrogen) atoms. The van der Waals surface area contributed by atoms with Gasteiger partial charge in [0.25, 0.3) is 0 Å². The Morgan fingerprint density at radius 2 is 2.11 bits per heavy atom. The second-order valence-electron chi connectivity index (χ2n) is 4.14. The van der Waals surface area contributed by atoms with Gasteiger partial charge in [0, 0.05) is 24.2 Å². The number of methoxy groups -OCH3 is 1. The van der Waals surface area contributed by atoms with Gasteiger partial charge in [-0.05, 0) is 17.7 Å². The lowest BCUT2D eigenvalue weighted by atomic mass is 10.1. The SMILES string of the molecule is COc1ccc(CN=CC2=CNC=C(Cl)C2N)cc1. The molecule has 3 N–H and O–H groups in total. The van der Waals surface area contributed by atoms with Gasteiger partial charge in [0.2, 0.25) is 0 Å². The van der Waals surface area contributed by atoms with E-state index in [0.29, 0.717) is 11.6 Å². The molecule has 0 aliphatic carbocycles. The third-order valence-corrected chi connectivity index (χ3v) is 3.14. The first kappa shape index (κ1) is 13.6. The minimum absolute atomic E-state index is 0.303. The van der Waals surface area contributed by atoms with Crippen LogP contribution in [0.5, 0.6) is 5.75 Å². The third kappa shape index (κ3) is 3.59. The van der Waals surface area contributed by atoms with Gasteiger partial charge in [-0.25, -0.2) is 0 Å². The Morgan fingerprint density at radius 1 is 1.37 bits per heavy atom. The summed E-state index contributed by atoms with van der Waals surface area (Å²) in [7, 11) is 1.65. The summed E-state index contributed by atoms with van der Waals surface area (Å²) in [5.74, 6) is 0.839. The number of nitrogens with zero attached hydrogens (tertiary/aromatic N) is 1. The van der Waals surface area contributed by atoms with Crippen LogP contribution >= 0.6 is 11.6 Å². The highest BCUT2D eigenvalue weighted by molar-refractivity contribution is 6.30. The third-order valence-electron chi connectivity index (χ3n) is 2.80. The number of benzene rings is 1. The average Bonchev–Trinajstić information content (AvgIpc) is 2.44. The van der Waals surface area contributed by atoms with Crippen LogP contribution in [0.4, 0.5) is 0 Å². The van der Waals surface area contributed by atoms with Crippen LogP contribution < -0.4 is 15.8 Å². The summed E-state index contributed by atoms with van der Waals surface area (Å²) in [5.41, 5.74) is 7.89. The summed E-state index contributed by atoms with van der Waals surface area (Å²) in [6.45, 7) is 0.593. The molecule has 1 aromatic carbocycles. The van der Waals surface area contributed by atoms with E-state index in [9.17, 15) is 0 Å². The van der Waals surface area contributed by atoms with Crippen molar-refractivity contribution in [2.75, 3.05) is 7.11 Å². The van der Waals surface area contributed by atoms with E-state index in [2.05, 4.69) is 10.3 Å². The van der Waals surface area contributed by atoms with Crippen molar-refractivity contribution in [3.05, 3.63) is 52.8 Å². The molecule has 0 aromatic heterocycles. The maximum Gasteiger partial charge on any atom is 0.118 e. The lowest BCUT2D eigenvalue weighted by Gasteiger charge is -2.16. The number of rotatable bonds is 4. The minimum Gasteiger partial charge on any atom is -0.497 e. The highest BCUT2D eigenvalue weighted by atomic mass is 35.5. The smallest absolute Gasteiger partial charge is 0.118 e. The van der Waals surface area contributed by atoms with E-state index >= 15 is 0 Å². The summed E-state index contributed by atoms with van der Waals surface area (Å²) < 4.78 is 5.10. The van der Waals surface area contributed by atoms with E-state index in [-0.39, 0.29) is 6.04 Å². The minimum atomic E-state index is -0.303. The van der Waals surface area contributed by atoms with Crippen LogP contribution in [-0.2, 0) is 6.54 Å². The number of dihydropyridines is 1. The highest BCUT2D eigenvalue weighted by Gasteiger charge is 2.14. The summed E-state index contributed by atoms with van der Waals surface area (Å²) >= 11 is 5.95. The molecule has 1 unspecified atom stereocenters. The van der Waals surface area contributed by atoms with Crippen molar-refractivity contribution in [3.8, 4) is 5.75 Å². The average molecular weight is 278 g/mol. The zero-order chi connectivity index (χ0) is 13.7. The van der Waals surface area contributed by atoms with Crippen molar-refractivity contribution < 1.29 is 4.74 Å². The molecule has 5 heteroatoms. The summed E-state index contributed by atoms with van der Waals surface area (Å²) in [6.07, 6.45) is 5.22. The van der Waals surface area contributed by atoms with Crippen molar-refractivity contribution in [2.24, 2.45) is 10.7 Å². The summed E-state index contributed by atoms with van der Waals surface area (Å²) in [5, 5.41) is 3.51. The Morgan fingerprint density at radius 3 is 2.79 bits per heavy atom. The van der Waals surface area contributed by atoms with E-state index in [4.69, 9.17) is 22.1 Å². The Bertz CT molecular complexity index is 520. The Kier molecular flexibility index (Phi) is 4.60. The molecular weight excluding hydrogens is 262 g/mol. The van der Waals surface area contributed by atoms with E-state index in [0.717, 1.165) is 16.9 Å². The number of hydrogen-bond donors (Lipinski definition) is 2. The topological polar surface area (TPSA) is 59.6 Å². The second kappa shape index (κ2) is 6.41. The number of hydrogen-bond acceptors (Lipinski definition) is 4. The molecule has 1 aliphatic heterocycles. The molecule has 1 aromatic rings. The molecule has 0 amide bonds. The van der Waals surface area contributed by atoms with Crippen LogP contribution in [0.3, 0.4) is 0 Å². The molecule has 0 fully saturated rings. The van der Waals surface area contributed by atoms with Crippen LogP contribution in [0.2, 0.25) is 0 Å². The number of nitrogens with one attached hydrogen (secondary N) is 1. The highest BCUT2D eigenvalue weighted by Crippen LogP contribution is 2.15. The Hall–Kier alpha value is -1.78. The molecule has 2 rings (SSSR count). The quantitative estimate of drug-likeness (QED) is 0.829. The zero-order valence-corrected chi connectivity index (χ0v) is 11.4. The van der Waals surface area contributed by atoms with Gasteiger partial charge in [0.05, 0.1) is 24.7 Å². The molecule has 0 bridgehead atoms. The largest absolute Gasteiger partial charge is 0.497 e. The maximum absolute atomic E-state index is 5.95. The molecular formula is C14H16ClN3O. The molecule has 1 heterocycles. The number of nitrogens with two attached hydrogens (primary N) is 1. The van der Waals surface area contributed by atoms with Gasteiger partial charge in [-0.1, -0.05) is 23.7 Å². The summed E-state index contributed by atoms with van der Waals surface area (Å²) in [6, 6.07) is 7.49. The summed E-state index contributed by atoms with van der Waals surface area (Å²) in [4.78, 5) is 4.37. The van der Waals surface area contributed by atoms with Gasteiger partial charge in [-0.2, -0.15) is 0 Å². The lowest BCUT2D eigenvalue weighted by molar-refractivity contribution is 0.414. The van der Waals surface area contributed by atoms with Crippen LogP contribution in [-0.4, -0.2) is 19.4 Å². The predicted molar refractivity (Wildman–Crippen MR) is 78.3 cm³/mol. The van der Waals surface area contributed by atoms with E-state index in [1.165, 1.54) is 0 Å². The van der Waals surface area contributed by atoms with Crippen molar-refractivity contribution in [3.63, 3.8) is 0 Å². The van der Waals surface area contributed by atoms with Gasteiger partial charge in [-0.3, -0.25) is 4.99 Å². The van der Waals surface area contributed by atoms with Crippen LogP contribution in [0.15, 0.2) is 52.3 Å². The van der Waals surface area contributed by atoms with Gasteiger partial charge in [0.1, 0.15) is 5.75 Å². The van der Waals surface area contributed by atoms with E-state index in [1.807, 2.05) is 24.3 Å². The van der Waals surface area contributed by atoms with Crippen molar-refractivity contribution in [2.45, 2.75) is 12.6 Å². The van der Waals surface area contributed by atoms with Crippen molar-refractivity contribution in [1.82, 2.24) is 5.32 Å². The van der Waals surface area contributed by atoms with Crippen LogP contribution in [0.1, 0.15) is 5.56 Å². The first-order valence-electron chi connectivity index (χ1n) is 5.90. The van der Waals surface area contributed by atoms with Crippen molar-refractivity contribution in [1.29, 1.82) is 0 Å². The Balaban J connectivity index is 1.94. The zero-order valence-electron chi connectivity index (χ0n) is 10.6. The molecule has 0 saturated carbocycles. The van der Waals surface area contributed by atoms with Crippen LogP contribution in [0.25, 0.3) is 0 Å². The fourth-order valence-corrected chi connectivity index (χ4v) is 1.85. The first-order valence-corrected chi connectivity index (χ1v) is 6.28. The molecule has 100 valence electrons. The molecule has 0 spiro atoms. The second-order valence-corrected chi connectivity index (χ2v) is 4.57. The van der Waals surface area contributed by atoms with E-state index < -0.39 is 0 Å². The van der Waals surface area contributed by atoms with Crippen molar-refractivity contribution >= 4 is 17.8 Å². The molecule has 4 nitrogen and oxygen atoms in total. The first-order chi connectivity index (χ1) is 9.20. The Labute approximate surface area is 117 Å². The normalized spacial score (nSPS) is 18.8. The fourth-order valence-electron chi connectivity index (χ4n) is 1.66. The number of halogens is 1. The fraction of sp³-hybridized carbons (Fsp3) is 0.214. The molecule has 1 atom stereocenters. The van der Waals surface area contributed by atoms with Gasteiger partial charge in [0.15, 0.2) is 0 Å². The maximum atomic E-state index is 5.95. The lowest BCUT2D eigenvalue weighted by Crippen LogP contribution is -2.28. The van der Waals surface area contributed by atoms with Gasteiger partial charge in [-0.15, -0.1) is 0 Å². The molecule has 0 radical (unpaired) electrons. The van der Waals surface area contributed by atoms with Crippen LogP contribution in [0, 0.1) is 0 Å². The molecule has 1 aliphatic rings. The van der Waals surface area contributed by atoms with E-state index in [1.54, 1.807) is 25.7 Å². The predicted octanol–water partition coefficient (Wildman–Crippen LogP) is 2.16. The molecule has 0 saturated heterocycles. The standard InChI is InChI=1S/C14H16ClN3O/c1-19-12-4-2-10(3-5-12)6-17-7-11-8-18-9-13(15)14(11)16/h2-5,7-9,14,18H,6,16H2,1H3. The monoisotopic (exact) mass is 277 g/mol. The van der Waals surface area contributed by atoms with Gasteiger partial charge < -0.3 is 15.8 Å². The number of ether oxygens (including phenoxy) is 1. The van der Waals surface area contributed by atoms with Gasteiger partial charge >= 0.3 is 0 Å². The number of aliphatic imine (C=N–C) groups is 1.